The van der Waals surface area contributed by atoms with E-state index >= 15 is 0 Å². The van der Waals surface area contributed by atoms with Gasteiger partial charge in [0.25, 0.3) is 0 Å². The number of nitrogens with one attached hydrogen (secondary N) is 1. The third-order valence-corrected chi connectivity index (χ3v) is 6.48. The lowest BCUT2D eigenvalue weighted by molar-refractivity contribution is 0.367. The van der Waals surface area contributed by atoms with E-state index in [2.05, 4.69) is 27.4 Å². The van der Waals surface area contributed by atoms with Crippen LogP contribution in [-0.2, 0) is 32.4 Å². The molecule has 1 unspecified atom stereocenters. The van der Waals surface area contributed by atoms with Gasteiger partial charge in [0.15, 0.2) is 5.82 Å². The van der Waals surface area contributed by atoms with Crippen molar-refractivity contribution in [2.45, 2.75) is 57.7 Å². The monoisotopic (exact) mass is 433 g/mol. The molecule has 32 heavy (non-hydrogen) atoms. The number of hydrogen-bond acceptors (Lipinski definition) is 6. The summed E-state index contributed by atoms with van der Waals surface area (Å²) in [6, 6.07) is 10.4. The van der Waals surface area contributed by atoms with Crippen molar-refractivity contribution in [1.29, 1.82) is 0 Å². The second-order valence-electron chi connectivity index (χ2n) is 9.09. The molecule has 0 saturated heterocycles. The average Bonchev–Trinajstić information content (AvgIpc) is 3.33. The number of rotatable bonds is 6. The minimum Gasteiger partial charge on any atom is -0.367 e. The third-order valence-electron chi connectivity index (χ3n) is 6.48. The summed E-state index contributed by atoms with van der Waals surface area (Å²) < 4.78 is 3.48. The minimum absolute atomic E-state index is 0.0109. The predicted molar refractivity (Wildman–Crippen MR) is 125 cm³/mol. The Hall–Kier alpha value is -3.00. The molecular formula is C24H31N7O. The highest BCUT2D eigenvalue weighted by atomic mass is 16.2. The topological polar surface area (TPSA) is 80.9 Å². The van der Waals surface area contributed by atoms with E-state index in [1.807, 2.05) is 36.9 Å². The second-order valence-corrected chi connectivity index (χ2v) is 9.09. The lowest BCUT2D eigenvalue weighted by Crippen LogP contribution is -2.30. The predicted octanol–water partition coefficient (Wildman–Crippen LogP) is 2.37. The Bertz CT molecular complexity index is 1150. The van der Waals surface area contributed by atoms with E-state index < -0.39 is 0 Å². The molecule has 3 aromatic rings. The van der Waals surface area contributed by atoms with Gasteiger partial charge >= 0.3 is 5.69 Å². The molecule has 168 valence electrons. The second kappa shape index (κ2) is 8.86. The zero-order chi connectivity index (χ0) is 22.1. The van der Waals surface area contributed by atoms with Crippen LogP contribution in [0.4, 0.5) is 5.82 Å². The number of likely N-dealkylation sites (N-methyl/N-ethyl adjacent to an activating group) is 1. The van der Waals surface area contributed by atoms with E-state index in [4.69, 9.17) is 9.97 Å². The van der Waals surface area contributed by atoms with Crippen molar-refractivity contribution in [2.24, 2.45) is 0 Å². The molecule has 5 rings (SSSR count). The maximum absolute atomic E-state index is 12.8. The molecule has 1 aliphatic heterocycles. The molecule has 2 aliphatic rings. The van der Waals surface area contributed by atoms with Gasteiger partial charge < -0.3 is 10.2 Å². The van der Waals surface area contributed by atoms with Crippen LogP contribution in [0.3, 0.4) is 0 Å². The van der Waals surface area contributed by atoms with Crippen molar-refractivity contribution < 1.29 is 0 Å². The van der Waals surface area contributed by atoms with Crippen LogP contribution in [0.5, 0.6) is 0 Å². The maximum atomic E-state index is 12.8. The highest BCUT2D eigenvalue weighted by Crippen LogP contribution is 2.30. The first-order valence-corrected chi connectivity index (χ1v) is 11.6. The van der Waals surface area contributed by atoms with Crippen LogP contribution < -0.4 is 11.0 Å². The van der Waals surface area contributed by atoms with Crippen molar-refractivity contribution in [3.63, 3.8) is 0 Å². The fourth-order valence-electron chi connectivity index (χ4n) is 4.67. The highest BCUT2D eigenvalue weighted by molar-refractivity contribution is 5.60. The van der Waals surface area contributed by atoms with Crippen LogP contribution in [0.25, 0.3) is 11.4 Å². The molecule has 0 radical (unpaired) electrons. The van der Waals surface area contributed by atoms with E-state index in [0.717, 1.165) is 68.1 Å². The summed E-state index contributed by atoms with van der Waals surface area (Å²) in [7, 11) is 4.02. The fraction of sp³-hybridized carbons (Fsp3) is 0.500. The van der Waals surface area contributed by atoms with E-state index in [1.54, 1.807) is 4.68 Å². The number of nitrogens with zero attached hydrogens (tertiary/aromatic N) is 6. The highest BCUT2D eigenvalue weighted by Gasteiger charge is 2.25. The number of aromatic nitrogens is 5. The van der Waals surface area contributed by atoms with Gasteiger partial charge in [0, 0.05) is 42.4 Å². The Balaban J connectivity index is 1.34. The van der Waals surface area contributed by atoms with Gasteiger partial charge in [-0.2, -0.15) is 5.10 Å². The molecule has 1 N–H and O–H groups in total. The molecule has 0 fully saturated rings. The Morgan fingerprint density at radius 2 is 1.94 bits per heavy atom. The first kappa shape index (κ1) is 20.9. The van der Waals surface area contributed by atoms with Crippen LogP contribution >= 0.6 is 0 Å². The zero-order valence-corrected chi connectivity index (χ0v) is 18.9. The number of fused-ring (bicyclic) bond motifs is 2. The number of anilines is 1. The van der Waals surface area contributed by atoms with Gasteiger partial charge in [-0.25, -0.2) is 19.4 Å². The van der Waals surface area contributed by atoms with Crippen LogP contribution in [-0.4, -0.2) is 55.9 Å². The molecule has 1 atom stereocenters. The smallest absolute Gasteiger partial charge is 0.345 e. The summed E-state index contributed by atoms with van der Waals surface area (Å²) in [4.78, 5) is 24.7. The van der Waals surface area contributed by atoms with Crippen molar-refractivity contribution >= 4 is 5.82 Å². The SMILES string of the molecule is CN(C)CCn1nc2n(c1=O)CCC(Nc1nc(-c3ccccc3)nc3c1CCC3)CC2. The maximum Gasteiger partial charge on any atom is 0.345 e. The molecule has 2 aromatic heterocycles. The first-order chi connectivity index (χ1) is 15.6. The normalized spacial score (nSPS) is 17.8. The molecular weight excluding hydrogens is 402 g/mol. The molecule has 0 amide bonds. The minimum atomic E-state index is 0.0109. The molecule has 8 heteroatoms. The standard InChI is InChI=1S/C24H31N7O/c1-29(2)15-16-31-24(32)30-14-13-18(11-12-21(30)28-31)25-23-19-9-6-10-20(19)26-22(27-23)17-7-4-3-5-8-17/h3-5,7-8,18H,6,9-16H2,1-2H3,(H,25,26,27). The quantitative estimate of drug-likeness (QED) is 0.643. The van der Waals surface area contributed by atoms with Gasteiger partial charge in [-0.05, 0) is 46.2 Å². The van der Waals surface area contributed by atoms with Crippen molar-refractivity contribution in [3.05, 3.63) is 57.9 Å². The van der Waals surface area contributed by atoms with Crippen LogP contribution in [0.15, 0.2) is 35.1 Å². The summed E-state index contributed by atoms with van der Waals surface area (Å²) in [6.45, 7) is 2.12. The van der Waals surface area contributed by atoms with Crippen molar-refractivity contribution in [2.75, 3.05) is 26.0 Å². The molecule has 0 spiro atoms. The Kier molecular flexibility index (Phi) is 5.78. The Morgan fingerprint density at radius 1 is 1.09 bits per heavy atom. The van der Waals surface area contributed by atoms with Crippen molar-refractivity contribution in [1.82, 2.24) is 29.2 Å². The number of aryl methyl sites for hydroxylation is 2. The van der Waals surface area contributed by atoms with E-state index in [0.29, 0.717) is 13.1 Å². The summed E-state index contributed by atoms with van der Waals surface area (Å²) in [5.74, 6) is 2.66. The van der Waals surface area contributed by atoms with Gasteiger partial charge in [0.2, 0.25) is 0 Å². The molecule has 1 aliphatic carbocycles. The lowest BCUT2D eigenvalue weighted by Gasteiger charge is -2.19. The van der Waals surface area contributed by atoms with Gasteiger partial charge in [0.1, 0.15) is 11.6 Å². The molecule has 8 nitrogen and oxygen atoms in total. The molecule has 1 aromatic carbocycles. The summed E-state index contributed by atoms with van der Waals surface area (Å²) >= 11 is 0. The lowest BCUT2D eigenvalue weighted by atomic mass is 10.1. The van der Waals surface area contributed by atoms with Crippen LogP contribution in [0.1, 0.15) is 36.3 Å². The number of hydrogen-bond donors (Lipinski definition) is 1. The Morgan fingerprint density at radius 3 is 2.75 bits per heavy atom. The average molecular weight is 434 g/mol. The van der Waals surface area contributed by atoms with E-state index in [9.17, 15) is 4.79 Å². The fourth-order valence-corrected chi connectivity index (χ4v) is 4.67. The largest absolute Gasteiger partial charge is 0.367 e. The van der Waals surface area contributed by atoms with Crippen LogP contribution in [0, 0.1) is 0 Å². The van der Waals surface area contributed by atoms with Crippen LogP contribution in [0.2, 0.25) is 0 Å². The summed E-state index contributed by atoms with van der Waals surface area (Å²) in [5.41, 5.74) is 3.49. The third kappa shape index (κ3) is 4.19. The van der Waals surface area contributed by atoms with Gasteiger partial charge in [-0.1, -0.05) is 30.3 Å². The van der Waals surface area contributed by atoms with E-state index in [1.165, 1.54) is 11.3 Å². The van der Waals surface area contributed by atoms with Gasteiger partial charge in [0.05, 0.1) is 6.54 Å². The number of benzene rings is 1. The van der Waals surface area contributed by atoms with Gasteiger partial charge in [-0.15, -0.1) is 0 Å². The summed E-state index contributed by atoms with van der Waals surface area (Å²) in [6.07, 6.45) is 5.77. The Labute approximate surface area is 188 Å². The van der Waals surface area contributed by atoms with Gasteiger partial charge in [-0.3, -0.25) is 4.57 Å². The molecule has 0 saturated carbocycles. The van der Waals surface area contributed by atoms with Crippen molar-refractivity contribution in [3.8, 4) is 11.4 Å². The summed E-state index contributed by atoms with van der Waals surface area (Å²) in [5, 5.41) is 8.34. The molecule has 3 heterocycles. The molecule has 0 bridgehead atoms. The van der Waals surface area contributed by atoms with E-state index in [-0.39, 0.29) is 11.7 Å². The zero-order valence-electron chi connectivity index (χ0n) is 18.9. The first-order valence-electron chi connectivity index (χ1n) is 11.6.